The number of amides is 2. The third-order valence-corrected chi connectivity index (χ3v) is 7.14. The van der Waals surface area contributed by atoms with Gasteiger partial charge >= 0.3 is 0 Å². The highest BCUT2D eigenvalue weighted by molar-refractivity contribution is 6.32. The van der Waals surface area contributed by atoms with Crippen LogP contribution in [0.5, 0.6) is 17.2 Å². The van der Waals surface area contributed by atoms with Gasteiger partial charge in [-0.3, -0.25) is 14.5 Å². The predicted molar refractivity (Wildman–Crippen MR) is 151 cm³/mol. The van der Waals surface area contributed by atoms with Crippen molar-refractivity contribution in [3.05, 3.63) is 113 Å². The maximum Gasteiger partial charge on any atom is 0.259 e. The van der Waals surface area contributed by atoms with E-state index < -0.39 is 12.0 Å². The van der Waals surface area contributed by atoms with Gasteiger partial charge in [-0.05, 0) is 71.8 Å². The van der Waals surface area contributed by atoms with Crippen LogP contribution in [0, 0.1) is 0 Å². The van der Waals surface area contributed by atoms with Gasteiger partial charge in [0.15, 0.2) is 0 Å². The average molecular weight is 543 g/mol. The van der Waals surface area contributed by atoms with Crippen molar-refractivity contribution in [2.24, 2.45) is 0 Å². The average Bonchev–Trinajstić information content (AvgIpc) is 2.97. The number of nitrogens with zero attached hydrogens (tertiary/aromatic N) is 1. The minimum atomic E-state index is -0.740. The number of nitrogens with one attached hydrogen (secondary N) is 1. The number of methoxy groups -OCH3 is 3. The van der Waals surface area contributed by atoms with Crippen LogP contribution >= 0.6 is 11.6 Å². The van der Waals surface area contributed by atoms with Crippen molar-refractivity contribution in [1.82, 2.24) is 0 Å². The van der Waals surface area contributed by atoms with Gasteiger partial charge in [0.05, 0.1) is 38.3 Å². The molecule has 0 spiro atoms. The fourth-order valence-corrected chi connectivity index (χ4v) is 5.21. The normalized spacial score (nSPS) is 16.3. The lowest BCUT2D eigenvalue weighted by Crippen LogP contribution is -2.46. The molecular weight excluding hydrogens is 516 g/mol. The van der Waals surface area contributed by atoms with Crippen molar-refractivity contribution < 1.29 is 23.8 Å². The second-order valence-electron chi connectivity index (χ2n) is 8.99. The molecule has 198 valence electrons. The molecule has 2 amide bonds. The number of fused-ring (bicyclic) bond motifs is 1. The van der Waals surface area contributed by atoms with E-state index in [1.165, 1.54) is 7.11 Å². The Bertz CT molecular complexity index is 1500. The monoisotopic (exact) mass is 542 g/mol. The summed E-state index contributed by atoms with van der Waals surface area (Å²) in [5.41, 5.74) is 3.05. The van der Waals surface area contributed by atoms with Gasteiger partial charge in [0, 0.05) is 16.9 Å². The number of anilines is 2. The van der Waals surface area contributed by atoms with Crippen LogP contribution in [0.25, 0.3) is 0 Å². The molecule has 2 atom stereocenters. The summed E-state index contributed by atoms with van der Waals surface area (Å²) in [6.45, 7) is 0. The fraction of sp³-hybridized carbons (Fsp3) is 0.161. The summed E-state index contributed by atoms with van der Waals surface area (Å²) in [7, 11) is 4.71. The SMILES string of the molecule is COc1ccc([C@@H]2[C@@H](C(=O)Nc3ccc(OC)c(Cl)c3)c3ccccc3C(=O)N2c2ccc(OC)cc2)cc1. The van der Waals surface area contributed by atoms with Crippen LogP contribution in [0.3, 0.4) is 0 Å². The lowest BCUT2D eigenvalue weighted by atomic mass is 9.78. The lowest BCUT2D eigenvalue weighted by Gasteiger charge is -2.42. The number of carbonyl (C=O) groups is 2. The van der Waals surface area contributed by atoms with Crippen LogP contribution in [0.2, 0.25) is 5.02 Å². The van der Waals surface area contributed by atoms with E-state index in [2.05, 4.69) is 5.32 Å². The summed E-state index contributed by atoms with van der Waals surface area (Å²) in [6.07, 6.45) is 0. The van der Waals surface area contributed by atoms with Crippen molar-refractivity contribution in [2.75, 3.05) is 31.5 Å². The molecule has 0 unspecified atom stereocenters. The first-order valence-corrected chi connectivity index (χ1v) is 12.7. The molecule has 1 aliphatic heterocycles. The fourth-order valence-electron chi connectivity index (χ4n) is 4.95. The third kappa shape index (κ3) is 5.01. The Balaban J connectivity index is 1.66. The number of rotatable bonds is 7. The topological polar surface area (TPSA) is 77.1 Å². The largest absolute Gasteiger partial charge is 0.497 e. The molecule has 0 aromatic heterocycles. The Kier molecular flexibility index (Phi) is 7.43. The first-order chi connectivity index (χ1) is 18.9. The van der Waals surface area contributed by atoms with Gasteiger partial charge in [-0.2, -0.15) is 0 Å². The van der Waals surface area contributed by atoms with Crippen molar-refractivity contribution in [2.45, 2.75) is 12.0 Å². The Morgan fingerprint density at radius 1 is 0.821 bits per heavy atom. The summed E-state index contributed by atoms with van der Waals surface area (Å²) >= 11 is 6.33. The van der Waals surface area contributed by atoms with Gasteiger partial charge in [-0.15, -0.1) is 0 Å². The molecule has 0 radical (unpaired) electrons. The Morgan fingerprint density at radius 2 is 1.46 bits per heavy atom. The van der Waals surface area contributed by atoms with Crippen molar-refractivity contribution in [3.8, 4) is 17.2 Å². The van der Waals surface area contributed by atoms with Gasteiger partial charge in [-0.1, -0.05) is 41.9 Å². The molecule has 7 nitrogen and oxygen atoms in total. The number of hydrogen-bond acceptors (Lipinski definition) is 5. The van der Waals surface area contributed by atoms with E-state index in [-0.39, 0.29) is 11.8 Å². The van der Waals surface area contributed by atoms with E-state index in [1.807, 2.05) is 48.5 Å². The summed E-state index contributed by atoms with van der Waals surface area (Å²) in [6, 6.07) is 26.3. The standard InChI is InChI=1S/C31H27ClN2O5/c1-37-22-13-8-19(9-14-22)29-28(30(35)33-20-10-17-27(39-3)26(32)18-20)24-6-4-5-7-25(24)31(36)34(29)21-11-15-23(38-2)16-12-21/h4-18,28-29H,1-3H3,(H,33,35)/t28-,29+/m0/s1. The first kappa shape index (κ1) is 26.1. The van der Waals surface area contributed by atoms with E-state index in [1.54, 1.807) is 61.6 Å². The minimum Gasteiger partial charge on any atom is -0.497 e. The van der Waals surface area contributed by atoms with E-state index in [0.29, 0.717) is 44.8 Å². The van der Waals surface area contributed by atoms with Crippen LogP contribution in [-0.4, -0.2) is 33.1 Å². The van der Waals surface area contributed by atoms with Gasteiger partial charge in [-0.25, -0.2) is 0 Å². The Morgan fingerprint density at radius 3 is 2.08 bits per heavy atom. The van der Waals surface area contributed by atoms with Crippen molar-refractivity contribution >= 4 is 34.8 Å². The smallest absolute Gasteiger partial charge is 0.259 e. The molecule has 0 fully saturated rings. The molecule has 0 bridgehead atoms. The highest BCUT2D eigenvalue weighted by atomic mass is 35.5. The second kappa shape index (κ2) is 11.1. The maximum absolute atomic E-state index is 14.1. The highest BCUT2D eigenvalue weighted by Crippen LogP contribution is 2.46. The van der Waals surface area contributed by atoms with Crippen LogP contribution in [0.1, 0.15) is 33.4 Å². The maximum atomic E-state index is 14.1. The molecule has 4 aromatic carbocycles. The van der Waals surface area contributed by atoms with Crippen LogP contribution in [-0.2, 0) is 4.79 Å². The lowest BCUT2D eigenvalue weighted by molar-refractivity contribution is -0.118. The molecule has 5 rings (SSSR count). The van der Waals surface area contributed by atoms with Gasteiger partial charge in [0.25, 0.3) is 5.91 Å². The summed E-state index contributed by atoms with van der Waals surface area (Å²) in [5.74, 6) is 0.616. The number of carbonyl (C=O) groups excluding carboxylic acids is 2. The number of benzene rings is 4. The van der Waals surface area contributed by atoms with Gasteiger partial charge in [0.1, 0.15) is 17.2 Å². The van der Waals surface area contributed by atoms with Crippen LogP contribution < -0.4 is 24.4 Å². The number of halogens is 1. The molecule has 0 aliphatic carbocycles. The summed E-state index contributed by atoms with van der Waals surface area (Å²) in [5, 5.41) is 3.39. The molecule has 0 saturated carbocycles. The van der Waals surface area contributed by atoms with E-state index in [0.717, 1.165) is 5.56 Å². The molecule has 39 heavy (non-hydrogen) atoms. The minimum absolute atomic E-state index is 0.201. The number of hydrogen-bond donors (Lipinski definition) is 1. The Labute approximate surface area is 231 Å². The second-order valence-corrected chi connectivity index (χ2v) is 9.40. The molecule has 8 heteroatoms. The molecule has 1 heterocycles. The van der Waals surface area contributed by atoms with Crippen molar-refractivity contribution in [3.63, 3.8) is 0 Å². The molecule has 1 aliphatic rings. The molecular formula is C31H27ClN2O5. The quantitative estimate of drug-likeness (QED) is 0.289. The van der Waals surface area contributed by atoms with E-state index in [9.17, 15) is 9.59 Å². The molecule has 0 saturated heterocycles. The predicted octanol–water partition coefficient (Wildman–Crippen LogP) is 6.49. The van der Waals surface area contributed by atoms with Crippen LogP contribution in [0.4, 0.5) is 11.4 Å². The van der Waals surface area contributed by atoms with E-state index in [4.69, 9.17) is 25.8 Å². The van der Waals surface area contributed by atoms with Crippen LogP contribution in [0.15, 0.2) is 91.0 Å². The zero-order valence-corrected chi connectivity index (χ0v) is 22.4. The summed E-state index contributed by atoms with van der Waals surface area (Å²) < 4.78 is 15.9. The van der Waals surface area contributed by atoms with Gasteiger partial charge < -0.3 is 19.5 Å². The number of ether oxygens (including phenoxy) is 3. The Hall–Kier alpha value is -4.49. The zero-order valence-electron chi connectivity index (χ0n) is 21.7. The van der Waals surface area contributed by atoms with Gasteiger partial charge in [0.2, 0.25) is 5.91 Å². The third-order valence-electron chi connectivity index (χ3n) is 6.85. The van der Waals surface area contributed by atoms with E-state index >= 15 is 0 Å². The summed E-state index contributed by atoms with van der Waals surface area (Å²) in [4.78, 5) is 29.8. The first-order valence-electron chi connectivity index (χ1n) is 12.3. The van der Waals surface area contributed by atoms with Crippen molar-refractivity contribution in [1.29, 1.82) is 0 Å². The molecule has 4 aromatic rings. The zero-order chi connectivity index (χ0) is 27.5. The molecule has 1 N–H and O–H groups in total. The highest BCUT2D eigenvalue weighted by Gasteiger charge is 2.45.